The minimum atomic E-state index is -0.784. The van der Waals surface area contributed by atoms with E-state index < -0.39 is 18.0 Å². The average Bonchev–Trinajstić information content (AvgIpc) is 2.56. The Morgan fingerprint density at radius 3 is 2.57 bits per heavy atom. The van der Waals surface area contributed by atoms with E-state index in [0.29, 0.717) is 18.1 Å². The highest BCUT2D eigenvalue weighted by molar-refractivity contribution is 5.83. The van der Waals surface area contributed by atoms with Crippen molar-refractivity contribution in [1.82, 2.24) is 10.8 Å². The van der Waals surface area contributed by atoms with Gasteiger partial charge in [-0.25, -0.2) is 5.48 Å². The number of nitrogens with one attached hydrogen (secondary N) is 2. The van der Waals surface area contributed by atoms with Crippen molar-refractivity contribution in [3.8, 4) is 17.6 Å². The van der Waals surface area contributed by atoms with Crippen LogP contribution >= 0.6 is 0 Å². The minimum Gasteiger partial charge on any atom is -0.481 e. The molecule has 0 aliphatic carbocycles. The molecule has 6 heteroatoms. The molecule has 0 unspecified atom stereocenters. The minimum absolute atomic E-state index is 0.343. The zero-order chi connectivity index (χ0) is 17.2. The average molecular weight is 317 g/mol. The molecule has 2 atom stereocenters. The van der Waals surface area contributed by atoms with E-state index in [2.05, 4.69) is 23.7 Å². The first kappa shape index (κ1) is 18.6. The van der Waals surface area contributed by atoms with E-state index in [1.807, 2.05) is 19.1 Å². The van der Waals surface area contributed by atoms with Gasteiger partial charge in [0.15, 0.2) is 0 Å². The molecular weight excluding hydrogens is 294 g/mol. The number of carbonyl (C=O) groups is 1. The molecule has 0 aromatic heterocycles. The van der Waals surface area contributed by atoms with Crippen molar-refractivity contribution >= 4 is 11.6 Å². The normalized spacial score (nSPS) is 12.3. The van der Waals surface area contributed by atoms with E-state index in [1.54, 1.807) is 24.5 Å². The summed E-state index contributed by atoms with van der Waals surface area (Å²) in [7, 11) is 0. The van der Waals surface area contributed by atoms with Crippen LogP contribution in [0.3, 0.4) is 0 Å². The van der Waals surface area contributed by atoms with Crippen LogP contribution in [0.25, 0.3) is 5.70 Å². The third-order valence-corrected chi connectivity index (χ3v) is 3.06. The lowest BCUT2D eigenvalue weighted by atomic mass is 10.1. The summed E-state index contributed by atoms with van der Waals surface area (Å²) in [6.07, 6.45) is 0.802. The standard InChI is InChI=1S/C17H23N3O3/c1-4-5-6-11-23-15-9-7-14(8-10-15)13(3)19-16(12(2)18)17(21)20-22/h7-10,12,16,19,22H,3-4,11,18H2,1-2H3,(H,20,21)/t12-,16+/m1/s1. The van der Waals surface area contributed by atoms with Gasteiger partial charge in [0, 0.05) is 18.2 Å². The monoisotopic (exact) mass is 317 g/mol. The highest BCUT2D eigenvalue weighted by Crippen LogP contribution is 2.16. The molecule has 124 valence electrons. The summed E-state index contributed by atoms with van der Waals surface area (Å²) < 4.78 is 5.48. The third-order valence-electron chi connectivity index (χ3n) is 3.06. The van der Waals surface area contributed by atoms with Crippen molar-refractivity contribution in [1.29, 1.82) is 0 Å². The summed E-state index contributed by atoms with van der Waals surface area (Å²) in [5, 5.41) is 11.7. The van der Waals surface area contributed by atoms with Crippen LogP contribution in [0.2, 0.25) is 0 Å². The Labute approximate surface area is 136 Å². The van der Waals surface area contributed by atoms with E-state index in [9.17, 15) is 4.79 Å². The molecule has 0 saturated carbocycles. The number of amides is 1. The highest BCUT2D eigenvalue weighted by atomic mass is 16.5. The van der Waals surface area contributed by atoms with Crippen molar-refractivity contribution < 1.29 is 14.7 Å². The second-order valence-corrected chi connectivity index (χ2v) is 4.96. The molecule has 1 rings (SSSR count). The van der Waals surface area contributed by atoms with Crippen molar-refractivity contribution in [3.05, 3.63) is 36.4 Å². The lowest BCUT2D eigenvalue weighted by Crippen LogP contribution is -2.52. The van der Waals surface area contributed by atoms with Crippen LogP contribution in [0.5, 0.6) is 5.75 Å². The lowest BCUT2D eigenvalue weighted by molar-refractivity contribution is -0.131. The maximum atomic E-state index is 11.6. The predicted molar refractivity (Wildman–Crippen MR) is 89.5 cm³/mol. The molecule has 0 saturated heterocycles. The fourth-order valence-electron chi connectivity index (χ4n) is 1.82. The fraction of sp³-hybridized carbons (Fsp3) is 0.353. The molecule has 1 aromatic carbocycles. The molecule has 0 radical (unpaired) electrons. The number of nitrogens with two attached hydrogens (primary N) is 1. The van der Waals surface area contributed by atoms with Crippen LogP contribution in [-0.2, 0) is 4.79 Å². The Hall–Kier alpha value is -2.49. The molecule has 0 heterocycles. The van der Waals surface area contributed by atoms with Crippen molar-refractivity contribution in [3.63, 3.8) is 0 Å². The van der Waals surface area contributed by atoms with Crippen molar-refractivity contribution in [2.24, 2.45) is 5.73 Å². The van der Waals surface area contributed by atoms with E-state index >= 15 is 0 Å². The number of rotatable bonds is 7. The predicted octanol–water partition coefficient (Wildman–Crippen LogP) is 1.26. The quantitative estimate of drug-likeness (QED) is 0.345. The molecule has 5 N–H and O–H groups in total. The molecule has 0 fully saturated rings. The third kappa shape index (κ3) is 6.02. The van der Waals surface area contributed by atoms with Gasteiger partial charge in [-0.15, -0.1) is 5.92 Å². The Morgan fingerprint density at radius 1 is 1.39 bits per heavy atom. The van der Waals surface area contributed by atoms with Crippen LogP contribution in [0.1, 0.15) is 25.8 Å². The highest BCUT2D eigenvalue weighted by Gasteiger charge is 2.22. The van der Waals surface area contributed by atoms with Crippen LogP contribution in [0, 0.1) is 11.8 Å². The van der Waals surface area contributed by atoms with Crippen LogP contribution in [0.15, 0.2) is 30.8 Å². The Balaban J connectivity index is 2.67. The summed E-state index contributed by atoms with van der Waals surface area (Å²) in [6.45, 7) is 7.87. The number of benzene rings is 1. The molecule has 1 aromatic rings. The number of ether oxygens (including phenoxy) is 1. The summed E-state index contributed by atoms with van der Waals surface area (Å²) in [5.41, 5.74) is 8.63. The number of hydrogen-bond donors (Lipinski definition) is 4. The first-order valence-electron chi connectivity index (χ1n) is 7.33. The zero-order valence-corrected chi connectivity index (χ0v) is 13.4. The number of carbonyl (C=O) groups excluding carboxylic acids is 1. The number of hydrogen-bond acceptors (Lipinski definition) is 5. The van der Waals surface area contributed by atoms with Gasteiger partial charge in [0.05, 0.1) is 0 Å². The van der Waals surface area contributed by atoms with E-state index in [4.69, 9.17) is 15.7 Å². The van der Waals surface area contributed by atoms with Gasteiger partial charge in [-0.1, -0.05) is 19.4 Å². The molecular formula is C17H23N3O3. The molecule has 0 aliphatic heterocycles. The Bertz CT molecular complexity index is 585. The van der Waals surface area contributed by atoms with E-state index in [0.717, 1.165) is 12.0 Å². The summed E-state index contributed by atoms with van der Waals surface area (Å²) in [4.78, 5) is 11.6. The largest absolute Gasteiger partial charge is 0.481 e. The topological polar surface area (TPSA) is 96.6 Å². The van der Waals surface area contributed by atoms with E-state index in [-0.39, 0.29) is 0 Å². The Kier molecular flexibility index (Phi) is 7.67. The summed E-state index contributed by atoms with van der Waals surface area (Å²) >= 11 is 0. The lowest BCUT2D eigenvalue weighted by Gasteiger charge is -2.22. The maximum absolute atomic E-state index is 11.6. The van der Waals surface area contributed by atoms with Gasteiger partial charge >= 0.3 is 0 Å². The molecule has 23 heavy (non-hydrogen) atoms. The first-order chi connectivity index (χ1) is 11.0. The SMILES string of the molecule is C=C(N[C@H](C(=O)NO)[C@@H](C)N)c1ccc(OCC#CCC)cc1. The second-order valence-electron chi connectivity index (χ2n) is 4.96. The van der Waals surface area contributed by atoms with Crippen LogP contribution in [-0.4, -0.2) is 29.8 Å². The van der Waals surface area contributed by atoms with Gasteiger partial charge in [-0.05, 0) is 36.8 Å². The van der Waals surface area contributed by atoms with Crippen molar-refractivity contribution in [2.75, 3.05) is 6.61 Å². The maximum Gasteiger partial charge on any atom is 0.267 e. The molecule has 6 nitrogen and oxygen atoms in total. The number of hydroxylamine groups is 1. The molecule has 0 spiro atoms. The second kappa shape index (κ2) is 9.51. The van der Waals surface area contributed by atoms with Gasteiger partial charge in [0.2, 0.25) is 0 Å². The summed E-state index contributed by atoms with van der Waals surface area (Å²) in [6, 6.07) is 5.93. The van der Waals surface area contributed by atoms with Crippen LogP contribution in [0.4, 0.5) is 0 Å². The van der Waals surface area contributed by atoms with Gasteiger partial charge < -0.3 is 15.8 Å². The van der Waals surface area contributed by atoms with Gasteiger partial charge in [0.25, 0.3) is 5.91 Å². The zero-order valence-electron chi connectivity index (χ0n) is 13.4. The van der Waals surface area contributed by atoms with Gasteiger partial charge in [-0.2, -0.15) is 0 Å². The fourth-order valence-corrected chi connectivity index (χ4v) is 1.82. The summed E-state index contributed by atoms with van der Waals surface area (Å²) in [5.74, 6) is 5.90. The first-order valence-corrected chi connectivity index (χ1v) is 7.33. The van der Waals surface area contributed by atoms with Crippen molar-refractivity contribution in [2.45, 2.75) is 32.4 Å². The van der Waals surface area contributed by atoms with Crippen LogP contribution < -0.4 is 21.3 Å². The molecule has 1 amide bonds. The van der Waals surface area contributed by atoms with Gasteiger partial charge in [0.1, 0.15) is 18.4 Å². The molecule has 0 aliphatic rings. The van der Waals surface area contributed by atoms with E-state index in [1.165, 1.54) is 0 Å². The molecule has 0 bridgehead atoms. The van der Waals surface area contributed by atoms with Gasteiger partial charge in [-0.3, -0.25) is 10.0 Å². The Morgan fingerprint density at radius 2 is 2.04 bits per heavy atom. The smallest absolute Gasteiger partial charge is 0.267 e.